The summed E-state index contributed by atoms with van der Waals surface area (Å²) in [6.07, 6.45) is 3.04. The van der Waals surface area contributed by atoms with Crippen molar-refractivity contribution in [3.63, 3.8) is 0 Å². The summed E-state index contributed by atoms with van der Waals surface area (Å²) in [4.78, 5) is 29.1. The van der Waals surface area contributed by atoms with E-state index in [0.29, 0.717) is 37.0 Å². The molecule has 2 aromatic carbocycles. The lowest BCUT2D eigenvalue weighted by Crippen LogP contribution is -2.35. The van der Waals surface area contributed by atoms with Gasteiger partial charge < -0.3 is 4.74 Å². The molecule has 0 radical (unpaired) electrons. The Kier molecular flexibility index (Phi) is 5.14. The highest BCUT2D eigenvalue weighted by Gasteiger charge is 2.46. The molecule has 1 aliphatic rings. The van der Waals surface area contributed by atoms with Crippen LogP contribution in [0, 0.1) is 5.95 Å². The number of hydrogen-bond acceptors (Lipinski definition) is 4. The number of carbonyl (C=O) groups excluding carboxylic acids is 2. The molecule has 0 saturated carbocycles. The molecule has 1 heterocycles. The summed E-state index contributed by atoms with van der Waals surface area (Å²) < 4.78 is 18.8. The molecular formula is C24H22FNO3. The van der Waals surface area contributed by atoms with Gasteiger partial charge in [-0.05, 0) is 60.2 Å². The third kappa shape index (κ3) is 3.41. The minimum atomic E-state index is -0.830. The smallest absolute Gasteiger partial charge is 0.305 e. The van der Waals surface area contributed by atoms with E-state index in [4.69, 9.17) is 4.74 Å². The van der Waals surface area contributed by atoms with Crippen LogP contribution >= 0.6 is 0 Å². The van der Waals surface area contributed by atoms with E-state index < -0.39 is 11.4 Å². The fourth-order valence-corrected chi connectivity index (χ4v) is 4.49. The van der Waals surface area contributed by atoms with Crippen molar-refractivity contribution in [2.45, 2.75) is 38.0 Å². The summed E-state index contributed by atoms with van der Waals surface area (Å²) in [6.45, 7) is 2.11. The molecule has 4 rings (SSSR count). The quantitative estimate of drug-likeness (QED) is 0.429. The highest BCUT2D eigenvalue weighted by Crippen LogP contribution is 2.47. The third-order valence-corrected chi connectivity index (χ3v) is 5.69. The average Bonchev–Trinajstić information content (AvgIpc) is 2.93. The number of pyridine rings is 1. The van der Waals surface area contributed by atoms with Gasteiger partial charge in [0.1, 0.15) is 0 Å². The number of halogens is 1. The molecule has 4 nitrogen and oxygen atoms in total. The molecule has 5 heteroatoms. The summed E-state index contributed by atoms with van der Waals surface area (Å²) in [5.41, 5.74) is 1.54. The molecule has 1 atom stereocenters. The fourth-order valence-electron chi connectivity index (χ4n) is 4.49. The standard InChI is InChI=1S/C24H22FNO3/c1-2-29-21(27)10-5-12-24(15-16-11-13-26-20(25)14-16)19-9-4-7-17-6-3-8-18(22(17)19)23(24)28/h3-4,6-9,11,13-14H,2,5,10,12,15H2,1H3. The predicted molar refractivity (Wildman–Crippen MR) is 108 cm³/mol. The highest BCUT2D eigenvalue weighted by molar-refractivity contribution is 6.20. The van der Waals surface area contributed by atoms with Crippen LogP contribution in [0.5, 0.6) is 0 Å². The molecule has 0 bridgehead atoms. The normalized spacial score (nSPS) is 17.7. The molecule has 0 aliphatic heterocycles. The molecule has 3 aromatic rings. The Morgan fingerprint density at radius 1 is 1.17 bits per heavy atom. The number of nitrogens with zero attached hydrogens (tertiary/aromatic N) is 1. The Morgan fingerprint density at radius 3 is 2.72 bits per heavy atom. The molecule has 0 saturated heterocycles. The molecule has 0 fully saturated rings. The zero-order valence-electron chi connectivity index (χ0n) is 16.3. The molecule has 0 spiro atoms. The fraction of sp³-hybridized carbons (Fsp3) is 0.292. The second-order valence-corrected chi connectivity index (χ2v) is 7.44. The maximum absolute atomic E-state index is 13.7. The Morgan fingerprint density at radius 2 is 1.97 bits per heavy atom. The largest absolute Gasteiger partial charge is 0.466 e. The summed E-state index contributed by atoms with van der Waals surface area (Å²) >= 11 is 0. The minimum absolute atomic E-state index is 0.0328. The Labute approximate surface area is 168 Å². The molecule has 29 heavy (non-hydrogen) atoms. The van der Waals surface area contributed by atoms with Crippen molar-refractivity contribution in [2.75, 3.05) is 6.61 Å². The second-order valence-electron chi connectivity index (χ2n) is 7.44. The number of Topliss-reactive ketones (excluding diaryl/α,β-unsaturated/α-hetero) is 1. The van der Waals surface area contributed by atoms with Crippen LogP contribution < -0.4 is 0 Å². The molecule has 0 N–H and O–H groups in total. The van der Waals surface area contributed by atoms with E-state index in [1.165, 1.54) is 12.3 Å². The summed E-state index contributed by atoms with van der Waals surface area (Å²) in [5.74, 6) is -0.797. The van der Waals surface area contributed by atoms with Gasteiger partial charge in [-0.1, -0.05) is 36.4 Å². The summed E-state index contributed by atoms with van der Waals surface area (Å²) in [5, 5.41) is 1.98. The molecule has 1 aromatic heterocycles. The van der Waals surface area contributed by atoms with Crippen molar-refractivity contribution >= 4 is 22.5 Å². The lowest BCUT2D eigenvalue weighted by molar-refractivity contribution is -0.143. The SMILES string of the molecule is CCOC(=O)CCCC1(Cc2ccnc(F)c2)C(=O)c2cccc3cccc1c23. The van der Waals surface area contributed by atoms with E-state index in [0.717, 1.165) is 16.3 Å². The van der Waals surface area contributed by atoms with Gasteiger partial charge in [-0.3, -0.25) is 9.59 Å². The highest BCUT2D eigenvalue weighted by atomic mass is 19.1. The van der Waals surface area contributed by atoms with Crippen molar-refractivity contribution < 1.29 is 18.7 Å². The first-order valence-electron chi connectivity index (χ1n) is 9.88. The first kappa shape index (κ1) is 19.2. The van der Waals surface area contributed by atoms with E-state index in [-0.39, 0.29) is 18.2 Å². The molecule has 1 aliphatic carbocycles. The van der Waals surface area contributed by atoms with Crippen LogP contribution in [0.4, 0.5) is 4.39 Å². The van der Waals surface area contributed by atoms with Crippen LogP contribution in [0.3, 0.4) is 0 Å². The molecule has 1 unspecified atom stereocenters. The van der Waals surface area contributed by atoms with Gasteiger partial charge in [0, 0.05) is 18.2 Å². The second kappa shape index (κ2) is 7.74. The topological polar surface area (TPSA) is 56.3 Å². The Balaban J connectivity index is 1.76. The predicted octanol–water partition coefficient (Wildman–Crippen LogP) is 4.78. The minimum Gasteiger partial charge on any atom is -0.466 e. The van der Waals surface area contributed by atoms with Gasteiger partial charge >= 0.3 is 5.97 Å². The lowest BCUT2D eigenvalue weighted by Gasteiger charge is -2.29. The number of carbonyl (C=O) groups is 2. The summed E-state index contributed by atoms with van der Waals surface area (Å²) in [7, 11) is 0. The number of hydrogen-bond donors (Lipinski definition) is 0. The Bertz CT molecular complexity index is 1090. The zero-order chi connectivity index (χ0) is 20.4. The van der Waals surface area contributed by atoms with Gasteiger partial charge in [0.05, 0.1) is 12.0 Å². The third-order valence-electron chi connectivity index (χ3n) is 5.69. The van der Waals surface area contributed by atoms with Gasteiger partial charge in [-0.25, -0.2) is 4.98 Å². The van der Waals surface area contributed by atoms with Crippen LogP contribution in [0.1, 0.15) is 47.7 Å². The first-order valence-corrected chi connectivity index (χ1v) is 9.88. The van der Waals surface area contributed by atoms with Gasteiger partial charge in [0.15, 0.2) is 5.78 Å². The monoisotopic (exact) mass is 391 g/mol. The zero-order valence-corrected chi connectivity index (χ0v) is 16.3. The van der Waals surface area contributed by atoms with Crippen LogP contribution in [0.2, 0.25) is 0 Å². The van der Waals surface area contributed by atoms with E-state index >= 15 is 0 Å². The number of ketones is 1. The average molecular weight is 391 g/mol. The van der Waals surface area contributed by atoms with Crippen molar-refractivity contribution in [3.05, 3.63) is 77.4 Å². The number of benzene rings is 2. The van der Waals surface area contributed by atoms with Crippen LogP contribution in [0.25, 0.3) is 10.8 Å². The van der Waals surface area contributed by atoms with Crippen LogP contribution in [-0.2, 0) is 21.4 Å². The van der Waals surface area contributed by atoms with E-state index in [1.807, 2.05) is 36.4 Å². The van der Waals surface area contributed by atoms with Crippen LogP contribution in [-0.4, -0.2) is 23.3 Å². The molecular weight excluding hydrogens is 369 g/mol. The van der Waals surface area contributed by atoms with Gasteiger partial charge in [0.2, 0.25) is 5.95 Å². The lowest BCUT2D eigenvalue weighted by atomic mass is 9.71. The van der Waals surface area contributed by atoms with Gasteiger partial charge in [-0.2, -0.15) is 4.39 Å². The van der Waals surface area contributed by atoms with Gasteiger partial charge in [0.25, 0.3) is 0 Å². The maximum atomic E-state index is 13.7. The van der Waals surface area contributed by atoms with E-state index in [2.05, 4.69) is 4.98 Å². The first-order chi connectivity index (χ1) is 14.0. The molecule has 148 valence electrons. The molecule has 0 amide bonds. The van der Waals surface area contributed by atoms with E-state index in [1.54, 1.807) is 13.0 Å². The number of esters is 1. The van der Waals surface area contributed by atoms with Crippen molar-refractivity contribution in [3.8, 4) is 0 Å². The Hall–Kier alpha value is -3.08. The van der Waals surface area contributed by atoms with Crippen molar-refractivity contribution in [1.29, 1.82) is 0 Å². The van der Waals surface area contributed by atoms with E-state index in [9.17, 15) is 14.0 Å². The maximum Gasteiger partial charge on any atom is 0.305 e. The van der Waals surface area contributed by atoms with Gasteiger partial charge in [-0.15, -0.1) is 0 Å². The van der Waals surface area contributed by atoms with Crippen molar-refractivity contribution in [2.24, 2.45) is 0 Å². The van der Waals surface area contributed by atoms with Crippen molar-refractivity contribution in [1.82, 2.24) is 4.98 Å². The number of rotatable bonds is 7. The summed E-state index contributed by atoms with van der Waals surface area (Å²) in [6, 6.07) is 14.8. The number of aromatic nitrogens is 1. The number of ether oxygens (including phenoxy) is 1. The van der Waals surface area contributed by atoms with Crippen LogP contribution in [0.15, 0.2) is 54.7 Å².